The first-order valence-electron chi connectivity index (χ1n) is 7.61. The maximum absolute atomic E-state index is 12.3. The molecule has 2 amide bonds. The van der Waals surface area contributed by atoms with E-state index in [0.717, 1.165) is 23.1 Å². The van der Waals surface area contributed by atoms with Gasteiger partial charge in [0.15, 0.2) is 0 Å². The van der Waals surface area contributed by atoms with Crippen LogP contribution in [0.4, 0.5) is 0 Å². The maximum atomic E-state index is 12.3. The molecule has 1 saturated heterocycles. The van der Waals surface area contributed by atoms with Crippen LogP contribution < -0.4 is 5.32 Å². The zero-order valence-electron chi connectivity index (χ0n) is 13.7. The number of hydrogen-bond acceptors (Lipinski definition) is 3. The lowest BCUT2D eigenvalue weighted by atomic mass is 10.0. The van der Waals surface area contributed by atoms with E-state index in [2.05, 4.69) is 5.32 Å². The van der Waals surface area contributed by atoms with Gasteiger partial charge in [0.05, 0.1) is 6.10 Å². The van der Waals surface area contributed by atoms with Crippen molar-refractivity contribution in [1.29, 1.82) is 0 Å². The van der Waals surface area contributed by atoms with Crippen LogP contribution in [0.3, 0.4) is 0 Å². The Kier molecular flexibility index (Phi) is 5.19. The quantitative estimate of drug-likeness (QED) is 0.920. The van der Waals surface area contributed by atoms with Crippen molar-refractivity contribution >= 4 is 11.8 Å². The number of nitrogens with zero attached hydrogens (tertiary/aromatic N) is 1. The third kappa shape index (κ3) is 3.65. The third-order valence-electron chi connectivity index (χ3n) is 4.02. The Morgan fingerprint density at radius 1 is 1.23 bits per heavy atom. The second kappa shape index (κ2) is 6.92. The van der Waals surface area contributed by atoms with Gasteiger partial charge in [-0.2, -0.15) is 0 Å². The summed E-state index contributed by atoms with van der Waals surface area (Å²) in [4.78, 5) is 25.7. The molecular formula is C17H24N2O3. The van der Waals surface area contributed by atoms with Crippen LogP contribution in [0.1, 0.15) is 34.3 Å². The van der Waals surface area contributed by atoms with Crippen molar-refractivity contribution in [2.24, 2.45) is 0 Å². The first-order valence-corrected chi connectivity index (χ1v) is 7.61. The lowest BCUT2D eigenvalue weighted by molar-refractivity contribution is -0.140. The van der Waals surface area contributed by atoms with Crippen LogP contribution in [-0.2, 0) is 9.53 Å². The van der Waals surface area contributed by atoms with E-state index in [1.807, 2.05) is 32.0 Å². The largest absolute Gasteiger partial charge is 0.363 e. The average molecular weight is 304 g/mol. The van der Waals surface area contributed by atoms with E-state index in [1.54, 1.807) is 19.0 Å². The summed E-state index contributed by atoms with van der Waals surface area (Å²) in [7, 11) is 3.45. The minimum atomic E-state index is -0.378. The monoisotopic (exact) mass is 304 g/mol. The third-order valence-corrected chi connectivity index (χ3v) is 4.02. The zero-order chi connectivity index (χ0) is 16.3. The van der Waals surface area contributed by atoms with E-state index in [0.29, 0.717) is 13.0 Å². The summed E-state index contributed by atoms with van der Waals surface area (Å²) in [5.74, 6) is -0.0924. The number of nitrogens with one attached hydrogen (secondary N) is 1. The Labute approximate surface area is 131 Å². The van der Waals surface area contributed by atoms with Gasteiger partial charge >= 0.3 is 0 Å². The predicted molar refractivity (Wildman–Crippen MR) is 84.8 cm³/mol. The molecule has 1 N–H and O–H groups in total. The Bertz CT molecular complexity index is 549. The molecule has 0 saturated carbocycles. The highest BCUT2D eigenvalue weighted by Gasteiger charge is 2.31. The summed E-state index contributed by atoms with van der Waals surface area (Å²) < 4.78 is 5.73. The highest BCUT2D eigenvalue weighted by molar-refractivity contribution is 5.97. The summed E-state index contributed by atoms with van der Waals surface area (Å²) in [5.41, 5.74) is 2.65. The molecular weight excluding hydrogens is 280 g/mol. The van der Waals surface area contributed by atoms with E-state index in [-0.39, 0.29) is 24.0 Å². The number of likely N-dealkylation sites (N-methyl/N-ethyl adjacent to an activating group) is 1. The number of rotatable bonds is 4. The Balaban J connectivity index is 1.89. The van der Waals surface area contributed by atoms with E-state index < -0.39 is 0 Å². The SMILES string of the molecule is Cc1cccc(C)c1C(=O)NC[C@@H]1CC[C@H](C(=O)N(C)C)O1. The minimum absolute atomic E-state index is 0.0106. The molecule has 1 aliphatic rings. The van der Waals surface area contributed by atoms with Crippen LogP contribution in [0.25, 0.3) is 0 Å². The fraction of sp³-hybridized carbons (Fsp3) is 0.529. The number of benzene rings is 1. The van der Waals surface area contributed by atoms with Gasteiger partial charge in [-0.15, -0.1) is 0 Å². The molecule has 0 aromatic heterocycles. The molecule has 1 heterocycles. The highest BCUT2D eigenvalue weighted by Crippen LogP contribution is 2.21. The second-order valence-corrected chi connectivity index (χ2v) is 6.03. The Morgan fingerprint density at radius 2 is 1.86 bits per heavy atom. The number of amides is 2. The molecule has 1 aliphatic heterocycles. The Hall–Kier alpha value is -1.88. The summed E-state index contributed by atoms with van der Waals surface area (Å²) in [5, 5.41) is 2.92. The molecule has 5 heteroatoms. The first-order chi connectivity index (χ1) is 10.4. The van der Waals surface area contributed by atoms with E-state index in [4.69, 9.17) is 4.74 Å². The van der Waals surface area contributed by atoms with Crippen molar-refractivity contribution < 1.29 is 14.3 Å². The fourth-order valence-corrected chi connectivity index (χ4v) is 2.79. The van der Waals surface area contributed by atoms with Crippen LogP contribution in [0, 0.1) is 13.8 Å². The van der Waals surface area contributed by atoms with Gasteiger partial charge in [-0.3, -0.25) is 9.59 Å². The van der Waals surface area contributed by atoms with Crippen molar-refractivity contribution in [3.8, 4) is 0 Å². The lowest BCUT2D eigenvalue weighted by Crippen LogP contribution is -2.36. The van der Waals surface area contributed by atoms with Crippen molar-refractivity contribution in [3.63, 3.8) is 0 Å². The van der Waals surface area contributed by atoms with Gasteiger partial charge in [0.2, 0.25) is 0 Å². The molecule has 1 aromatic carbocycles. The van der Waals surface area contributed by atoms with Crippen molar-refractivity contribution in [2.45, 2.75) is 38.9 Å². The molecule has 5 nitrogen and oxygen atoms in total. The lowest BCUT2D eigenvalue weighted by Gasteiger charge is -2.18. The standard InChI is InChI=1S/C17H24N2O3/c1-11-6-5-7-12(2)15(11)16(20)18-10-13-8-9-14(22-13)17(21)19(3)4/h5-7,13-14H,8-10H2,1-4H3,(H,18,20)/t13-,14+/m0/s1. The van der Waals surface area contributed by atoms with Crippen LogP contribution in [0.15, 0.2) is 18.2 Å². The van der Waals surface area contributed by atoms with E-state index in [9.17, 15) is 9.59 Å². The van der Waals surface area contributed by atoms with Gasteiger partial charge in [-0.25, -0.2) is 0 Å². The van der Waals surface area contributed by atoms with Gasteiger partial charge in [-0.1, -0.05) is 18.2 Å². The van der Waals surface area contributed by atoms with Gasteiger partial charge < -0.3 is 15.0 Å². The van der Waals surface area contributed by atoms with E-state index in [1.165, 1.54) is 0 Å². The fourth-order valence-electron chi connectivity index (χ4n) is 2.79. The van der Waals surface area contributed by atoms with Crippen molar-refractivity contribution in [3.05, 3.63) is 34.9 Å². The number of carbonyl (C=O) groups is 2. The second-order valence-electron chi connectivity index (χ2n) is 6.03. The molecule has 0 aliphatic carbocycles. The minimum Gasteiger partial charge on any atom is -0.363 e. The molecule has 0 unspecified atom stereocenters. The molecule has 22 heavy (non-hydrogen) atoms. The molecule has 0 bridgehead atoms. The number of aryl methyl sites for hydroxylation is 2. The molecule has 0 radical (unpaired) electrons. The number of carbonyl (C=O) groups excluding carboxylic acids is 2. The molecule has 0 spiro atoms. The van der Waals surface area contributed by atoms with Gasteiger partial charge in [-0.05, 0) is 37.8 Å². The summed E-state index contributed by atoms with van der Waals surface area (Å²) in [6, 6.07) is 5.80. The molecule has 1 aromatic rings. The zero-order valence-corrected chi connectivity index (χ0v) is 13.7. The Morgan fingerprint density at radius 3 is 2.45 bits per heavy atom. The summed E-state index contributed by atoms with van der Waals surface area (Å²) in [6.07, 6.45) is 1.03. The molecule has 120 valence electrons. The molecule has 2 atom stereocenters. The highest BCUT2D eigenvalue weighted by atomic mass is 16.5. The van der Waals surface area contributed by atoms with Crippen LogP contribution >= 0.6 is 0 Å². The van der Waals surface area contributed by atoms with Crippen LogP contribution in [0.2, 0.25) is 0 Å². The normalized spacial score (nSPS) is 20.7. The molecule has 1 fully saturated rings. The van der Waals surface area contributed by atoms with Crippen molar-refractivity contribution in [2.75, 3.05) is 20.6 Å². The van der Waals surface area contributed by atoms with Crippen LogP contribution in [-0.4, -0.2) is 49.6 Å². The van der Waals surface area contributed by atoms with Crippen LogP contribution in [0.5, 0.6) is 0 Å². The van der Waals surface area contributed by atoms with Gasteiger partial charge in [0, 0.05) is 26.2 Å². The maximum Gasteiger partial charge on any atom is 0.251 e. The predicted octanol–water partition coefficient (Wildman–Crippen LogP) is 1.67. The van der Waals surface area contributed by atoms with Gasteiger partial charge in [0.25, 0.3) is 11.8 Å². The van der Waals surface area contributed by atoms with Gasteiger partial charge in [0.1, 0.15) is 6.10 Å². The summed E-state index contributed by atoms with van der Waals surface area (Å²) in [6.45, 7) is 4.29. The number of hydrogen-bond donors (Lipinski definition) is 1. The summed E-state index contributed by atoms with van der Waals surface area (Å²) >= 11 is 0. The number of ether oxygens (including phenoxy) is 1. The topological polar surface area (TPSA) is 58.6 Å². The first kappa shape index (κ1) is 16.5. The smallest absolute Gasteiger partial charge is 0.251 e. The van der Waals surface area contributed by atoms with E-state index >= 15 is 0 Å². The molecule has 2 rings (SSSR count). The van der Waals surface area contributed by atoms with Crippen molar-refractivity contribution in [1.82, 2.24) is 10.2 Å². The average Bonchev–Trinajstić information content (AvgIpc) is 2.92.